The van der Waals surface area contributed by atoms with Gasteiger partial charge in [0.1, 0.15) is 5.76 Å². The number of furan rings is 1. The van der Waals surface area contributed by atoms with Crippen molar-refractivity contribution in [3.8, 4) is 0 Å². The molecule has 0 saturated heterocycles. The Hall–Kier alpha value is -1.65. The average molecular weight is 273 g/mol. The Morgan fingerprint density at radius 1 is 1.15 bits per heavy atom. The van der Waals surface area contributed by atoms with Gasteiger partial charge >= 0.3 is 0 Å². The lowest BCUT2D eigenvalue weighted by molar-refractivity contribution is 0.284. The average Bonchev–Trinajstić information content (AvgIpc) is 2.92. The fourth-order valence-corrected chi connectivity index (χ4v) is 2.11. The van der Waals surface area contributed by atoms with Gasteiger partial charge in [-0.2, -0.15) is 0 Å². The summed E-state index contributed by atoms with van der Waals surface area (Å²) >= 11 is 0. The van der Waals surface area contributed by atoms with Gasteiger partial charge in [0.2, 0.25) is 0 Å². The van der Waals surface area contributed by atoms with Crippen LogP contribution in [0.3, 0.4) is 0 Å². The summed E-state index contributed by atoms with van der Waals surface area (Å²) in [7, 11) is 2.08. The molecule has 0 aliphatic carbocycles. The van der Waals surface area contributed by atoms with Gasteiger partial charge in [-0.25, -0.2) is 0 Å². The summed E-state index contributed by atoms with van der Waals surface area (Å²) in [5, 5.41) is 3.38. The Morgan fingerprint density at radius 2 is 2.00 bits per heavy atom. The first-order chi connectivity index (χ1) is 9.78. The van der Waals surface area contributed by atoms with Crippen molar-refractivity contribution in [3.05, 3.63) is 53.7 Å². The van der Waals surface area contributed by atoms with Crippen LogP contribution in [0.5, 0.6) is 0 Å². The monoisotopic (exact) mass is 273 g/mol. The van der Waals surface area contributed by atoms with Crippen LogP contribution in [0, 0.1) is 0 Å². The highest BCUT2D eigenvalue weighted by molar-refractivity contribution is 5.11. The van der Waals surface area contributed by atoms with Crippen molar-refractivity contribution in [2.75, 3.05) is 13.6 Å². The van der Waals surface area contributed by atoms with Crippen LogP contribution in [0.25, 0.3) is 0 Å². The zero-order valence-electron chi connectivity index (χ0n) is 12.3. The van der Waals surface area contributed by atoms with Crippen molar-refractivity contribution in [2.45, 2.75) is 33.0 Å². The van der Waals surface area contributed by atoms with E-state index in [0.717, 1.165) is 49.7 Å². The first-order valence-corrected chi connectivity index (χ1v) is 7.14. The molecule has 4 heteroatoms. The number of nitrogens with zero attached hydrogens (tertiary/aromatic N) is 2. The topological polar surface area (TPSA) is 41.3 Å². The minimum absolute atomic E-state index is 0.799. The van der Waals surface area contributed by atoms with Crippen LogP contribution in [0.1, 0.15) is 30.5 Å². The Kier molecular flexibility index (Phi) is 5.77. The summed E-state index contributed by atoms with van der Waals surface area (Å²) in [5.41, 5.74) is 2.19. The molecule has 0 aliphatic rings. The normalized spacial score (nSPS) is 11.2. The van der Waals surface area contributed by atoms with E-state index in [0.29, 0.717) is 0 Å². The number of aromatic nitrogens is 1. The molecule has 0 radical (unpaired) electrons. The lowest BCUT2D eigenvalue weighted by Gasteiger charge is -2.15. The van der Waals surface area contributed by atoms with E-state index < -0.39 is 0 Å². The van der Waals surface area contributed by atoms with Crippen molar-refractivity contribution in [1.82, 2.24) is 15.2 Å². The van der Waals surface area contributed by atoms with Gasteiger partial charge in [-0.1, -0.05) is 13.0 Å². The van der Waals surface area contributed by atoms with Gasteiger partial charge in [-0.05, 0) is 44.3 Å². The second-order valence-corrected chi connectivity index (χ2v) is 5.05. The van der Waals surface area contributed by atoms with E-state index in [9.17, 15) is 0 Å². The highest BCUT2D eigenvalue weighted by atomic mass is 16.3. The number of nitrogens with one attached hydrogen (secondary N) is 1. The molecule has 0 aromatic carbocycles. The molecule has 108 valence electrons. The summed E-state index contributed by atoms with van der Waals surface area (Å²) < 4.78 is 5.36. The molecule has 0 atom stereocenters. The van der Waals surface area contributed by atoms with Crippen molar-refractivity contribution >= 4 is 0 Å². The second kappa shape index (κ2) is 7.82. The van der Waals surface area contributed by atoms with Gasteiger partial charge in [0.05, 0.1) is 24.2 Å². The summed E-state index contributed by atoms with van der Waals surface area (Å²) in [4.78, 5) is 6.88. The zero-order valence-corrected chi connectivity index (χ0v) is 12.3. The largest absolute Gasteiger partial charge is 0.468 e. The summed E-state index contributed by atoms with van der Waals surface area (Å²) in [6.07, 6.45) is 2.85. The van der Waals surface area contributed by atoms with E-state index in [4.69, 9.17) is 4.42 Å². The van der Waals surface area contributed by atoms with E-state index in [1.54, 1.807) is 6.26 Å². The predicted molar refractivity (Wildman–Crippen MR) is 80.1 cm³/mol. The van der Waals surface area contributed by atoms with Crippen LogP contribution in [-0.4, -0.2) is 23.5 Å². The molecule has 2 rings (SSSR count). The molecule has 2 aromatic heterocycles. The maximum absolute atomic E-state index is 5.36. The van der Waals surface area contributed by atoms with E-state index in [2.05, 4.69) is 47.4 Å². The third-order valence-electron chi connectivity index (χ3n) is 3.04. The summed E-state index contributed by atoms with van der Waals surface area (Å²) in [5.74, 6) is 0.980. The first kappa shape index (κ1) is 14.8. The maximum Gasteiger partial charge on any atom is 0.117 e. The molecular weight excluding hydrogens is 250 g/mol. The number of rotatable bonds is 8. The fraction of sp³-hybridized carbons (Fsp3) is 0.438. The third-order valence-corrected chi connectivity index (χ3v) is 3.04. The molecule has 0 fully saturated rings. The standard InChI is InChI=1S/C16H23N3O/c1-3-9-17-11-14-6-4-7-15(18-14)12-19(2)13-16-8-5-10-20-16/h4-8,10,17H,3,9,11-13H2,1-2H3. The van der Waals surface area contributed by atoms with Gasteiger partial charge < -0.3 is 9.73 Å². The van der Waals surface area contributed by atoms with Crippen LogP contribution in [0.2, 0.25) is 0 Å². The Labute approximate surface area is 120 Å². The molecule has 0 spiro atoms. The maximum atomic E-state index is 5.36. The third kappa shape index (κ3) is 4.79. The molecule has 0 amide bonds. The van der Waals surface area contributed by atoms with Crippen molar-refractivity contribution < 1.29 is 4.42 Å². The molecule has 0 aliphatic heterocycles. The quantitative estimate of drug-likeness (QED) is 0.751. The molecule has 2 aromatic rings. The predicted octanol–water partition coefficient (Wildman–Crippen LogP) is 2.81. The lowest BCUT2D eigenvalue weighted by atomic mass is 10.2. The first-order valence-electron chi connectivity index (χ1n) is 7.14. The summed E-state index contributed by atoms with van der Waals surface area (Å²) in [6, 6.07) is 10.1. The van der Waals surface area contributed by atoms with Crippen LogP contribution in [0.4, 0.5) is 0 Å². The molecule has 20 heavy (non-hydrogen) atoms. The van der Waals surface area contributed by atoms with Crippen LogP contribution in [0.15, 0.2) is 41.0 Å². The summed E-state index contributed by atoms with van der Waals surface area (Å²) in [6.45, 7) is 5.66. The van der Waals surface area contributed by atoms with Crippen molar-refractivity contribution in [2.24, 2.45) is 0 Å². The fourth-order valence-electron chi connectivity index (χ4n) is 2.11. The van der Waals surface area contributed by atoms with Gasteiger partial charge in [-0.15, -0.1) is 0 Å². The van der Waals surface area contributed by atoms with Gasteiger partial charge in [0.25, 0.3) is 0 Å². The van der Waals surface area contributed by atoms with Crippen LogP contribution in [-0.2, 0) is 19.6 Å². The molecule has 4 nitrogen and oxygen atoms in total. The van der Waals surface area contributed by atoms with Gasteiger partial charge in [-0.3, -0.25) is 9.88 Å². The smallest absolute Gasteiger partial charge is 0.117 e. The molecule has 2 heterocycles. The van der Waals surface area contributed by atoms with E-state index in [1.807, 2.05) is 12.1 Å². The second-order valence-electron chi connectivity index (χ2n) is 5.05. The van der Waals surface area contributed by atoms with Gasteiger partial charge in [0.15, 0.2) is 0 Å². The molecule has 1 N–H and O–H groups in total. The lowest BCUT2D eigenvalue weighted by Crippen LogP contribution is -2.19. The van der Waals surface area contributed by atoms with Crippen molar-refractivity contribution in [3.63, 3.8) is 0 Å². The van der Waals surface area contributed by atoms with Crippen LogP contribution < -0.4 is 5.32 Å². The van der Waals surface area contributed by atoms with Crippen LogP contribution >= 0.6 is 0 Å². The van der Waals surface area contributed by atoms with Crippen molar-refractivity contribution in [1.29, 1.82) is 0 Å². The van der Waals surface area contributed by atoms with E-state index >= 15 is 0 Å². The minimum atomic E-state index is 0.799. The SMILES string of the molecule is CCCNCc1cccc(CN(C)Cc2ccco2)n1. The number of pyridine rings is 1. The van der Waals surface area contributed by atoms with Gasteiger partial charge in [0, 0.05) is 13.1 Å². The Bertz CT molecular complexity index is 496. The zero-order chi connectivity index (χ0) is 14.2. The number of hydrogen-bond donors (Lipinski definition) is 1. The Balaban J connectivity index is 1.86. The molecular formula is C16H23N3O. The minimum Gasteiger partial charge on any atom is -0.468 e. The Morgan fingerprint density at radius 3 is 2.75 bits per heavy atom. The van der Waals surface area contributed by atoms with E-state index in [1.165, 1.54) is 0 Å². The highest BCUT2D eigenvalue weighted by Gasteiger charge is 2.05. The molecule has 0 bridgehead atoms. The number of hydrogen-bond acceptors (Lipinski definition) is 4. The van der Waals surface area contributed by atoms with E-state index in [-0.39, 0.29) is 0 Å². The molecule has 0 unspecified atom stereocenters. The molecule has 0 saturated carbocycles. The highest BCUT2D eigenvalue weighted by Crippen LogP contribution is 2.08.